The molecule has 1 aromatic carbocycles. The van der Waals surface area contributed by atoms with Gasteiger partial charge < -0.3 is 25.6 Å². The highest BCUT2D eigenvalue weighted by atomic mass is 16.5. The average Bonchev–Trinajstić information content (AvgIpc) is 2.55. The zero-order valence-corrected chi connectivity index (χ0v) is 13.7. The molecule has 0 aliphatic carbocycles. The van der Waals surface area contributed by atoms with Gasteiger partial charge in [0.15, 0.2) is 5.96 Å². The maximum absolute atomic E-state index is 9.62. The van der Waals surface area contributed by atoms with Crippen LogP contribution in [-0.4, -0.2) is 62.2 Å². The zero-order chi connectivity index (χ0) is 16.5. The molecule has 0 radical (unpaired) electrons. The first kappa shape index (κ1) is 17.7. The third kappa shape index (κ3) is 4.92. The molecule has 6 heteroatoms. The van der Waals surface area contributed by atoms with Gasteiger partial charge in [-0.2, -0.15) is 0 Å². The first-order valence-corrected chi connectivity index (χ1v) is 8.09. The summed E-state index contributed by atoms with van der Waals surface area (Å²) in [4.78, 5) is 4.55. The van der Waals surface area contributed by atoms with Gasteiger partial charge in [-0.25, -0.2) is 0 Å². The molecule has 0 aromatic heterocycles. The molecule has 0 spiro atoms. The molecule has 2 rings (SSSR count). The van der Waals surface area contributed by atoms with Gasteiger partial charge in [0, 0.05) is 19.0 Å². The fourth-order valence-corrected chi connectivity index (χ4v) is 2.44. The molecule has 1 fully saturated rings. The highest BCUT2D eigenvalue weighted by Crippen LogP contribution is 2.26. The van der Waals surface area contributed by atoms with E-state index in [1.807, 2.05) is 37.3 Å². The highest BCUT2D eigenvalue weighted by molar-refractivity contribution is 5.79. The molecule has 23 heavy (non-hydrogen) atoms. The lowest BCUT2D eigenvalue weighted by atomic mass is 9.87. The average molecular weight is 321 g/mol. The Balaban J connectivity index is 1.93. The minimum absolute atomic E-state index is 0.0129. The van der Waals surface area contributed by atoms with Gasteiger partial charge in [-0.15, -0.1) is 0 Å². The molecule has 4 N–H and O–H groups in total. The van der Waals surface area contributed by atoms with Gasteiger partial charge in [0.1, 0.15) is 0 Å². The standard InChI is InChI=1S/C17H27N3O3/c1-2-18-16(20-10-17(11-22)12-23-13-17)19-8-15(9-21)14-6-4-3-5-7-14/h3-7,15,21-22H,2,8-13H2,1H3,(H2,18,19,20). The van der Waals surface area contributed by atoms with Crippen LogP contribution in [0.5, 0.6) is 0 Å². The molecule has 128 valence electrons. The maximum atomic E-state index is 9.62. The Kier molecular flexibility index (Phi) is 6.83. The molecule has 6 nitrogen and oxygen atoms in total. The Bertz CT molecular complexity index is 484. The van der Waals surface area contributed by atoms with E-state index in [1.165, 1.54) is 0 Å². The number of hydrogen-bond acceptors (Lipinski definition) is 4. The number of nitrogens with one attached hydrogen (secondary N) is 2. The van der Waals surface area contributed by atoms with E-state index in [0.717, 1.165) is 12.1 Å². The summed E-state index contributed by atoms with van der Waals surface area (Å²) in [6.45, 7) is 5.13. The highest BCUT2D eigenvalue weighted by Gasteiger charge is 2.38. The maximum Gasteiger partial charge on any atom is 0.191 e. The first-order valence-electron chi connectivity index (χ1n) is 8.09. The lowest BCUT2D eigenvalue weighted by Gasteiger charge is -2.38. The Hall–Kier alpha value is -1.63. The van der Waals surface area contributed by atoms with E-state index in [0.29, 0.717) is 32.3 Å². The third-order valence-corrected chi connectivity index (χ3v) is 4.08. The van der Waals surface area contributed by atoms with E-state index in [2.05, 4.69) is 15.6 Å². The molecule has 1 heterocycles. The quantitative estimate of drug-likeness (QED) is 0.409. The topological polar surface area (TPSA) is 86.1 Å². The number of aliphatic hydroxyl groups excluding tert-OH is 2. The molecule has 1 aromatic rings. The van der Waals surface area contributed by atoms with Gasteiger partial charge >= 0.3 is 0 Å². The predicted octanol–water partition coefficient (Wildman–Crippen LogP) is 0.327. The molecule has 1 saturated heterocycles. The van der Waals surface area contributed by atoms with E-state index in [4.69, 9.17) is 4.74 Å². The number of hydrogen-bond donors (Lipinski definition) is 4. The fraction of sp³-hybridized carbons (Fsp3) is 0.588. The van der Waals surface area contributed by atoms with Crippen LogP contribution in [0.15, 0.2) is 35.3 Å². The first-order chi connectivity index (χ1) is 11.2. The number of aliphatic hydroxyl groups is 2. The summed E-state index contributed by atoms with van der Waals surface area (Å²) < 4.78 is 5.19. The second-order valence-corrected chi connectivity index (χ2v) is 6.02. The van der Waals surface area contributed by atoms with Crippen molar-refractivity contribution in [2.24, 2.45) is 10.4 Å². The molecule has 1 aliphatic heterocycles. The monoisotopic (exact) mass is 321 g/mol. The minimum Gasteiger partial charge on any atom is -0.396 e. The molecule has 0 bridgehead atoms. The van der Waals surface area contributed by atoms with Gasteiger partial charge in [0.05, 0.1) is 38.4 Å². The number of aliphatic imine (C=N–C) groups is 1. The van der Waals surface area contributed by atoms with Crippen molar-refractivity contribution in [3.8, 4) is 0 Å². The van der Waals surface area contributed by atoms with Gasteiger partial charge in [0.2, 0.25) is 0 Å². The van der Waals surface area contributed by atoms with Gasteiger partial charge in [-0.05, 0) is 12.5 Å². The molecule has 0 saturated carbocycles. The van der Waals surface area contributed by atoms with Crippen LogP contribution in [0.4, 0.5) is 0 Å². The number of guanidine groups is 1. The largest absolute Gasteiger partial charge is 0.396 e. The second-order valence-electron chi connectivity index (χ2n) is 6.02. The lowest BCUT2D eigenvalue weighted by molar-refractivity contribution is -0.130. The molecule has 0 amide bonds. The Morgan fingerprint density at radius 2 is 2.00 bits per heavy atom. The smallest absolute Gasteiger partial charge is 0.191 e. The van der Waals surface area contributed by atoms with Crippen LogP contribution in [0, 0.1) is 5.41 Å². The summed E-state index contributed by atoms with van der Waals surface area (Å²) in [5.74, 6) is 0.709. The SMILES string of the molecule is CCNC(=NCC1(CO)COC1)NCC(CO)c1ccccc1. The van der Waals surface area contributed by atoms with Crippen molar-refractivity contribution in [3.63, 3.8) is 0 Å². The molecular weight excluding hydrogens is 294 g/mol. The third-order valence-electron chi connectivity index (χ3n) is 4.08. The summed E-state index contributed by atoms with van der Waals surface area (Å²) in [6, 6.07) is 9.93. The van der Waals surface area contributed by atoms with Crippen LogP contribution in [0.1, 0.15) is 18.4 Å². The molecule has 1 atom stereocenters. The Labute approximate surface area is 137 Å². The lowest BCUT2D eigenvalue weighted by Crippen LogP contribution is -2.49. The summed E-state index contributed by atoms with van der Waals surface area (Å²) in [6.07, 6.45) is 0. The van der Waals surface area contributed by atoms with Crippen LogP contribution in [-0.2, 0) is 4.74 Å². The van der Waals surface area contributed by atoms with Crippen LogP contribution in [0.25, 0.3) is 0 Å². The fourth-order valence-electron chi connectivity index (χ4n) is 2.44. The van der Waals surface area contributed by atoms with Crippen molar-refractivity contribution in [3.05, 3.63) is 35.9 Å². The van der Waals surface area contributed by atoms with Crippen LogP contribution < -0.4 is 10.6 Å². The van der Waals surface area contributed by atoms with Crippen molar-refractivity contribution in [2.75, 3.05) is 46.1 Å². The van der Waals surface area contributed by atoms with Crippen molar-refractivity contribution in [1.29, 1.82) is 0 Å². The summed E-state index contributed by atoms with van der Waals surface area (Å²) in [5.41, 5.74) is 0.857. The Morgan fingerprint density at radius 1 is 1.26 bits per heavy atom. The van der Waals surface area contributed by atoms with Crippen LogP contribution >= 0.6 is 0 Å². The van der Waals surface area contributed by atoms with Gasteiger partial charge in [-0.3, -0.25) is 4.99 Å². The Morgan fingerprint density at radius 3 is 2.52 bits per heavy atom. The summed E-state index contributed by atoms with van der Waals surface area (Å²) in [7, 11) is 0. The zero-order valence-electron chi connectivity index (χ0n) is 13.7. The van der Waals surface area contributed by atoms with Crippen LogP contribution in [0.2, 0.25) is 0 Å². The van der Waals surface area contributed by atoms with E-state index in [1.54, 1.807) is 0 Å². The number of benzene rings is 1. The van der Waals surface area contributed by atoms with Gasteiger partial charge in [0.25, 0.3) is 0 Å². The van der Waals surface area contributed by atoms with E-state index < -0.39 is 0 Å². The molecule has 1 unspecified atom stereocenters. The molecular formula is C17H27N3O3. The minimum atomic E-state index is -0.238. The van der Waals surface area contributed by atoms with Crippen molar-refractivity contribution in [2.45, 2.75) is 12.8 Å². The van der Waals surface area contributed by atoms with E-state index >= 15 is 0 Å². The van der Waals surface area contributed by atoms with Crippen molar-refractivity contribution < 1.29 is 14.9 Å². The van der Waals surface area contributed by atoms with E-state index in [-0.39, 0.29) is 24.5 Å². The predicted molar refractivity (Wildman–Crippen MR) is 90.6 cm³/mol. The van der Waals surface area contributed by atoms with E-state index in [9.17, 15) is 10.2 Å². The van der Waals surface area contributed by atoms with Crippen LogP contribution in [0.3, 0.4) is 0 Å². The van der Waals surface area contributed by atoms with Crippen molar-refractivity contribution in [1.82, 2.24) is 10.6 Å². The number of nitrogens with zero attached hydrogens (tertiary/aromatic N) is 1. The van der Waals surface area contributed by atoms with Gasteiger partial charge in [-0.1, -0.05) is 30.3 Å². The summed E-state index contributed by atoms with van der Waals surface area (Å²) in [5, 5.41) is 25.5. The molecule has 1 aliphatic rings. The summed E-state index contributed by atoms with van der Waals surface area (Å²) >= 11 is 0. The number of rotatable bonds is 8. The number of ether oxygens (including phenoxy) is 1. The second kappa shape index (κ2) is 8.86. The normalized spacial score (nSPS) is 18.1. The van der Waals surface area contributed by atoms with Crippen molar-refractivity contribution >= 4 is 5.96 Å².